The highest BCUT2D eigenvalue weighted by Gasteiger charge is 2.16. The summed E-state index contributed by atoms with van der Waals surface area (Å²) >= 11 is 3.55. The molecule has 0 saturated carbocycles. The Labute approximate surface area is 184 Å². The second kappa shape index (κ2) is 8.86. The van der Waals surface area contributed by atoms with Crippen LogP contribution in [-0.4, -0.2) is 47.2 Å². The summed E-state index contributed by atoms with van der Waals surface area (Å²) in [6.45, 7) is 2.90. The molecule has 1 aromatic heterocycles. The van der Waals surface area contributed by atoms with E-state index in [0.29, 0.717) is 18.9 Å². The predicted molar refractivity (Wildman–Crippen MR) is 119 cm³/mol. The molecule has 0 unspecified atom stereocenters. The zero-order chi connectivity index (χ0) is 22.0. The number of rotatable bonds is 4. The molecule has 2 N–H and O–H groups in total. The molecule has 160 valence electrons. The van der Waals surface area contributed by atoms with Crippen LogP contribution in [0.25, 0.3) is 5.69 Å². The first-order chi connectivity index (χ1) is 14.9. The lowest BCUT2D eigenvalue weighted by atomic mass is 10.2. The van der Waals surface area contributed by atoms with Gasteiger partial charge in [0.2, 0.25) is 5.88 Å². The molecule has 0 amide bonds. The van der Waals surface area contributed by atoms with E-state index in [-0.39, 0.29) is 11.3 Å². The van der Waals surface area contributed by atoms with Gasteiger partial charge >= 0.3 is 5.69 Å². The van der Waals surface area contributed by atoms with Gasteiger partial charge in [-0.3, -0.25) is 14.8 Å². The monoisotopic (exact) mass is 488 g/mol. The summed E-state index contributed by atoms with van der Waals surface area (Å²) in [5.41, 5.74) is -0.0720. The summed E-state index contributed by atoms with van der Waals surface area (Å²) in [6, 6.07) is 10.4. The van der Waals surface area contributed by atoms with Crippen molar-refractivity contribution >= 4 is 33.5 Å². The Hall–Kier alpha value is -3.24. The Morgan fingerprint density at radius 3 is 2.52 bits per heavy atom. The fraction of sp³-hybridized carbons (Fsp3) is 0.190. The number of nitrogens with one attached hydrogen (secondary N) is 1. The first-order valence-corrected chi connectivity index (χ1v) is 10.2. The fourth-order valence-electron chi connectivity index (χ4n) is 3.26. The number of aromatic hydroxyl groups is 1. The lowest BCUT2D eigenvalue weighted by molar-refractivity contribution is 0.122. The summed E-state index contributed by atoms with van der Waals surface area (Å²) in [5.74, 6) is -1.08. The van der Waals surface area contributed by atoms with Crippen LogP contribution in [0.2, 0.25) is 0 Å². The SMILES string of the molecule is O=c1[nH]c(=O)n(-c2ccc(F)cc2)c(O)c1C=Nc1ccc(N2CCOCC2)c(Br)c1. The Morgan fingerprint density at radius 2 is 1.84 bits per heavy atom. The van der Waals surface area contributed by atoms with Gasteiger partial charge in [-0.1, -0.05) is 0 Å². The van der Waals surface area contributed by atoms with Gasteiger partial charge in [-0.05, 0) is 58.4 Å². The van der Waals surface area contributed by atoms with Gasteiger partial charge < -0.3 is 14.7 Å². The highest BCUT2D eigenvalue weighted by Crippen LogP contribution is 2.31. The Bertz CT molecular complexity index is 1250. The van der Waals surface area contributed by atoms with Crippen LogP contribution in [-0.2, 0) is 4.74 Å². The number of aromatic nitrogens is 2. The lowest BCUT2D eigenvalue weighted by Gasteiger charge is -2.29. The van der Waals surface area contributed by atoms with Crippen molar-refractivity contribution in [1.82, 2.24) is 9.55 Å². The molecule has 1 aliphatic rings. The first-order valence-electron chi connectivity index (χ1n) is 9.44. The van der Waals surface area contributed by atoms with Crippen LogP contribution in [0, 0.1) is 5.82 Å². The Morgan fingerprint density at radius 1 is 1.13 bits per heavy atom. The summed E-state index contributed by atoms with van der Waals surface area (Å²) in [5, 5.41) is 10.6. The number of aromatic amines is 1. The number of benzene rings is 2. The van der Waals surface area contributed by atoms with E-state index in [2.05, 4.69) is 30.8 Å². The maximum atomic E-state index is 13.2. The van der Waals surface area contributed by atoms with Crippen molar-refractivity contribution in [2.24, 2.45) is 4.99 Å². The molecule has 4 rings (SSSR count). The third-order valence-electron chi connectivity index (χ3n) is 4.83. The summed E-state index contributed by atoms with van der Waals surface area (Å²) in [7, 11) is 0. The van der Waals surface area contributed by atoms with E-state index in [1.54, 1.807) is 12.1 Å². The standard InChI is InChI=1S/C21H18BrFN4O4/c22-17-11-14(3-6-18(17)26-7-9-31-10-8-26)24-12-16-19(28)25-21(30)27(20(16)29)15-4-1-13(23)2-5-15/h1-6,11-12,29H,7-10H2,(H,25,28,30). The summed E-state index contributed by atoms with van der Waals surface area (Å²) in [4.78, 5) is 33.0. The average Bonchev–Trinajstić information content (AvgIpc) is 2.75. The number of hydrogen-bond acceptors (Lipinski definition) is 6. The van der Waals surface area contributed by atoms with E-state index >= 15 is 0 Å². The molecule has 3 aromatic rings. The van der Waals surface area contributed by atoms with Gasteiger partial charge in [0.15, 0.2) is 0 Å². The van der Waals surface area contributed by atoms with Gasteiger partial charge in [-0.15, -0.1) is 0 Å². The molecule has 0 radical (unpaired) electrons. The van der Waals surface area contributed by atoms with Gasteiger partial charge in [0.25, 0.3) is 5.56 Å². The predicted octanol–water partition coefficient (Wildman–Crippen LogP) is 2.72. The Balaban J connectivity index is 1.67. The molecule has 0 atom stereocenters. The van der Waals surface area contributed by atoms with Crippen molar-refractivity contribution in [3.8, 4) is 11.6 Å². The third kappa shape index (κ3) is 4.44. The van der Waals surface area contributed by atoms with Crippen LogP contribution in [0.1, 0.15) is 5.56 Å². The van der Waals surface area contributed by atoms with Crippen molar-refractivity contribution in [2.75, 3.05) is 31.2 Å². The molecule has 1 aliphatic heterocycles. The maximum absolute atomic E-state index is 13.2. The average molecular weight is 489 g/mol. The van der Waals surface area contributed by atoms with Crippen LogP contribution in [0.3, 0.4) is 0 Å². The zero-order valence-corrected chi connectivity index (χ0v) is 17.8. The number of H-pyrrole nitrogens is 1. The van der Waals surface area contributed by atoms with E-state index in [0.717, 1.165) is 39.9 Å². The molecule has 10 heteroatoms. The largest absolute Gasteiger partial charge is 0.493 e. The smallest absolute Gasteiger partial charge is 0.335 e. The van der Waals surface area contributed by atoms with Gasteiger partial charge in [-0.25, -0.2) is 13.8 Å². The van der Waals surface area contributed by atoms with Crippen LogP contribution < -0.4 is 16.1 Å². The molecule has 2 aromatic carbocycles. The molecule has 2 heterocycles. The molecule has 1 saturated heterocycles. The normalized spacial score (nSPS) is 14.3. The van der Waals surface area contributed by atoms with E-state index in [1.807, 2.05) is 6.07 Å². The van der Waals surface area contributed by atoms with Gasteiger partial charge in [-0.2, -0.15) is 0 Å². The first kappa shape index (κ1) is 21.0. The lowest BCUT2D eigenvalue weighted by Crippen LogP contribution is -2.36. The quantitative estimate of drug-likeness (QED) is 0.550. The molecule has 0 spiro atoms. The highest BCUT2D eigenvalue weighted by atomic mass is 79.9. The molecule has 8 nitrogen and oxygen atoms in total. The number of aliphatic imine (C=N–C) groups is 1. The maximum Gasteiger partial charge on any atom is 0.335 e. The van der Waals surface area contributed by atoms with E-state index < -0.39 is 22.9 Å². The summed E-state index contributed by atoms with van der Waals surface area (Å²) < 4.78 is 20.3. The van der Waals surface area contributed by atoms with E-state index in [4.69, 9.17) is 4.74 Å². The van der Waals surface area contributed by atoms with Crippen molar-refractivity contribution in [3.63, 3.8) is 0 Å². The number of hydrogen-bond donors (Lipinski definition) is 2. The minimum absolute atomic E-state index is 0.197. The minimum Gasteiger partial charge on any atom is -0.493 e. The molecule has 31 heavy (non-hydrogen) atoms. The third-order valence-corrected chi connectivity index (χ3v) is 5.47. The van der Waals surface area contributed by atoms with Gasteiger partial charge in [0, 0.05) is 23.8 Å². The number of nitrogens with zero attached hydrogens (tertiary/aromatic N) is 3. The van der Waals surface area contributed by atoms with Crippen molar-refractivity contribution in [1.29, 1.82) is 0 Å². The zero-order valence-electron chi connectivity index (χ0n) is 16.2. The van der Waals surface area contributed by atoms with Crippen LogP contribution in [0.15, 0.2) is 61.5 Å². The number of morpholine rings is 1. The fourth-order valence-corrected chi connectivity index (χ4v) is 3.88. The van der Waals surface area contributed by atoms with Crippen molar-refractivity contribution in [2.45, 2.75) is 0 Å². The minimum atomic E-state index is -0.844. The van der Waals surface area contributed by atoms with Crippen LogP contribution in [0.5, 0.6) is 5.88 Å². The number of anilines is 1. The number of halogens is 2. The summed E-state index contributed by atoms with van der Waals surface area (Å²) in [6.07, 6.45) is 1.18. The number of ether oxygens (including phenoxy) is 1. The van der Waals surface area contributed by atoms with E-state index in [1.165, 1.54) is 18.3 Å². The highest BCUT2D eigenvalue weighted by molar-refractivity contribution is 9.10. The molecular formula is C21H18BrFN4O4. The van der Waals surface area contributed by atoms with Crippen molar-refractivity contribution in [3.05, 3.63) is 79.2 Å². The molecule has 0 bridgehead atoms. The van der Waals surface area contributed by atoms with Crippen molar-refractivity contribution < 1.29 is 14.2 Å². The second-order valence-electron chi connectivity index (χ2n) is 6.80. The molecule has 1 fully saturated rings. The van der Waals surface area contributed by atoms with Crippen LogP contribution >= 0.6 is 15.9 Å². The van der Waals surface area contributed by atoms with E-state index in [9.17, 15) is 19.1 Å². The van der Waals surface area contributed by atoms with Gasteiger partial charge in [0.1, 0.15) is 11.4 Å². The second-order valence-corrected chi connectivity index (χ2v) is 7.66. The topological polar surface area (TPSA) is 99.9 Å². The molecular weight excluding hydrogens is 471 g/mol. The Kier molecular flexibility index (Phi) is 6.01. The molecule has 0 aliphatic carbocycles. The van der Waals surface area contributed by atoms with Gasteiger partial charge in [0.05, 0.1) is 30.3 Å². The van der Waals surface area contributed by atoms with Crippen LogP contribution in [0.4, 0.5) is 15.8 Å².